The van der Waals surface area contributed by atoms with Crippen molar-refractivity contribution in [2.75, 3.05) is 5.43 Å². The number of anilines is 1. The maximum absolute atomic E-state index is 10.6. The van der Waals surface area contributed by atoms with Crippen LogP contribution in [-0.4, -0.2) is 12.2 Å². The van der Waals surface area contributed by atoms with Gasteiger partial charge in [-0.3, -0.25) is 5.43 Å². The second-order valence-corrected chi connectivity index (χ2v) is 4.23. The van der Waals surface area contributed by atoms with Crippen molar-refractivity contribution in [3.05, 3.63) is 64.7 Å². The number of hydrogen-bond acceptors (Lipinski definition) is 4. The van der Waals surface area contributed by atoms with Gasteiger partial charge in [-0.05, 0) is 35.4 Å². The average molecular weight is 274 g/mol. The summed E-state index contributed by atoms with van der Waals surface area (Å²) in [7, 11) is 0. The van der Waals surface area contributed by atoms with Crippen LogP contribution in [0.25, 0.3) is 0 Å². The number of carboxylic acids is 1. The van der Waals surface area contributed by atoms with Gasteiger partial charge in [-0.1, -0.05) is 35.9 Å². The highest BCUT2D eigenvalue weighted by atomic mass is 35.5. The van der Waals surface area contributed by atoms with Crippen LogP contribution in [0.15, 0.2) is 53.6 Å². The van der Waals surface area contributed by atoms with E-state index in [1.165, 1.54) is 12.1 Å². The summed E-state index contributed by atoms with van der Waals surface area (Å²) in [6, 6.07) is 13.4. The van der Waals surface area contributed by atoms with Crippen LogP contribution in [0.5, 0.6) is 0 Å². The fraction of sp³-hybridized carbons (Fsp3) is 0. The van der Waals surface area contributed by atoms with E-state index < -0.39 is 5.97 Å². The van der Waals surface area contributed by atoms with Crippen molar-refractivity contribution in [3.8, 4) is 0 Å². The van der Waals surface area contributed by atoms with Crippen molar-refractivity contribution in [1.29, 1.82) is 0 Å². The Morgan fingerprint density at radius 2 is 1.95 bits per heavy atom. The van der Waals surface area contributed by atoms with E-state index >= 15 is 0 Å². The maximum Gasteiger partial charge on any atom is 0.0715 e. The molecule has 4 nitrogen and oxygen atoms in total. The van der Waals surface area contributed by atoms with Gasteiger partial charge in [0.2, 0.25) is 0 Å². The Morgan fingerprint density at radius 3 is 2.58 bits per heavy atom. The highest BCUT2D eigenvalue weighted by Gasteiger charge is 1.94. The van der Waals surface area contributed by atoms with Gasteiger partial charge in [0.15, 0.2) is 0 Å². The van der Waals surface area contributed by atoms with E-state index in [1.54, 1.807) is 30.5 Å². The van der Waals surface area contributed by atoms with E-state index in [4.69, 9.17) is 11.6 Å². The van der Waals surface area contributed by atoms with Crippen molar-refractivity contribution in [3.63, 3.8) is 0 Å². The fourth-order valence-electron chi connectivity index (χ4n) is 1.45. The molecule has 2 rings (SSSR count). The topological polar surface area (TPSA) is 64.5 Å². The lowest BCUT2D eigenvalue weighted by Crippen LogP contribution is -2.21. The Labute approximate surface area is 115 Å². The SMILES string of the molecule is O=C([O-])c1ccc(N/N=C\c2cccc(Cl)c2)cc1. The summed E-state index contributed by atoms with van der Waals surface area (Å²) in [5, 5.41) is 15.2. The Balaban J connectivity index is 2.00. The first-order chi connectivity index (χ1) is 9.15. The molecule has 2 aromatic carbocycles. The van der Waals surface area contributed by atoms with Crippen LogP contribution in [0, 0.1) is 0 Å². The van der Waals surface area contributed by atoms with Gasteiger partial charge >= 0.3 is 0 Å². The number of aromatic carboxylic acids is 1. The van der Waals surface area contributed by atoms with Gasteiger partial charge in [0.25, 0.3) is 0 Å². The first-order valence-electron chi connectivity index (χ1n) is 5.51. The predicted molar refractivity (Wildman–Crippen MR) is 73.4 cm³/mol. The number of nitrogens with one attached hydrogen (secondary N) is 1. The number of carbonyl (C=O) groups is 1. The number of hydrazone groups is 1. The molecule has 0 saturated heterocycles. The van der Waals surface area contributed by atoms with Crippen LogP contribution < -0.4 is 10.5 Å². The normalized spacial score (nSPS) is 10.6. The van der Waals surface area contributed by atoms with Crippen LogP contribution in [-0.2, 0) is 0 Å². The minimum atomic E-state index is -1.20. The molecular formula is C14H10ClN2O2-. The summed E-state index contributed by atoms with van der Waals surface area (Å²) in [5.74, 6) is -1.20. The summed E-state index contributed by atoms with van der Waals surface area (Å²) < 4.78 is 0. The Bertz CT molecular complexity index is 609. The maximum atomic E-state index is 10.6. The minimum absolute atomic E-state index is 0.129. The lowest BCUT2D eigenvalue weighted by atomic mass is 10.2. The Morgan fingerprint density at radius 1 is 1.21 bits per heavy atom. The molecule has 0 amide bonds. The summed E-state index contributed by atoms with van der Waals surface area (Å²) in [6.45, 7) is 0. The zero-order valence-electron chi connectivity index (χ0n) is 9.84. The molecule has 1 N–H and O–H groups in total. The third-order valence-electron chi connectivity index (χ3n) is 2.38. The molecule has 0 aliphatic heterocycles. The molecule has 0 saturated carbocycles. The van der Waals surface area contributed by atoms with Gasteiger partial charge in [-0.25, -0.2) is 0 Å². The lowest BCUT2D eigenvalue weighted by molar-refractivity contribution is -0.255. The van der Waals surface area contributed by atoms with Gasteiger partial charge in [0.1, 0.15) is 0 Å². The third-order valence-corrected chi connectivity index (χ3v) is 2.61. The molecule has 5 heteroatoms. The molecule has 0 aromatic heterocycles. The molecule has 0 heterocycles. The molecule has 96 valence electrons. The Hall–Kier alpha value is -2.33. The summed E-state index contributed by atoms with van der Waals surface area (Å²) >= 11 is 5.84. The predicted octanol–water partition coefficient (Wildman–Crippen LogP) is 2.15. The second kappa shape index (κ2) is 6.02. The number of nitrogens with zero attached hydrogens (tertiary/aromatic N) is 1. The summed E-state index contributed by atoms with van der Waals surface area (Å²) in [4.78, 5) is 10.6. The van der Waals surface area contributed by atoms with E-state index in [1.807, 2.05) is 12.1 Å². The van der Waals surface area contributed by atoms with Crippen LogP contribution in [0.1, 0.15) is 15.9 Å². The highest BCUT2D eigenvalue weighted by molar-refractivity contribution is 6.30. The molecule has 0 bridgehead atoms. The van der Waals surface area contributed by atoms with Crippen molar-refractivity contribution in [2.45, 2.75) is 0 Å². The minimum Gasteiger partial charge on any atom is -0.545 e. The fourth-order valence-corrected chi connectivity index (χ4v) is 1.65. The standard InChI is InChI=1S/C14H11ClN2O2/c15-12-3-1-2-10(8-12)9-16-17-13-6-4-11(5-7-13)14(18)19/h1-9,17H,(H,18,19)/p-1/b16-9-. The van der Waals surface area contributed by atoms with Crippen LogP contribution in [0.2, 0.25) is 5.02 Å². The number of carbonyl (C=O) groups excluding carboxylic acids is 1. The van der Waals surface area contributed by atoms with Crippen LogP contribution in [0.4, 0.5) is 5.69 Å². The largest absolute Gasteiger partial charge is 0.545 e. The first kappa shape index (κ1) is 13.1. The molecule has 0 aliphatic carbocycles. The van der Waals surface area contributed by atoms with Gasteiger partial charge < -0.3 is 9.90 Å². The third kappa shape index (κ3) is 3.82. The number of carboxylic acid groups (broad SMARTS) is 1. The molecule has 0 radical (unpaired) electrons. The molecule has 0 unspecified atom stereocenters. The van der Waals surface area contributed by atoms with E-state index in [2.05, 4.69) is 10.5 Å². The molecule has 0 aliphatic rings. The Kier molecular flexibility index (Phi) is 4.15. The lowest BCUT2D eigenvalue weighted by Gasteiger charge is -2.03. The van der Waals surface area contributed by atoms with Crippen molar-refractivity contribution in [1.82, 2.24) is 0 Å². The van der Waals surface area contributed by atoms with Gasteiger partial charge in [-0.2, -0.15) is 5.10 Å². The van der Waals surface area contributed by atoms with Gasteiger partial charge in [0.05, 0.1) is 17.9 Å². The summed E-state index contributed by atoms with van der Waals surface area (Å²) in [6.07, 6.45) is 1.62. The molecule has 0 spiro atoms. The highest BCUT2D eigenvalue weighted by Crippen LogP contribution is 2.10. The second-order valence-electron chi connectivity index (χ2n) is 3.79. The van der Waals surface area contributed by atoms with E-state index in [0.29, 0.717) is 10.7 Å². The van der Waals surface area contributed by atoms with Crippen molar-refractivity contribution in [2.24, 2.45) is 5.10 Å². The van der Waals surface area contributed by atoms with Crippen molar-refractivity contribution < 1.29 is 9.90 Å². The van der Waals surface area contributed by atoms with E-state index in [0.717, 1.165) is 5.56 Å². The van der Waals surface area contributed by atoms with Gasteiger partial charge in [-0.15, -0.1) is 0 Å². The number of rotatable bonds is 4. The molecule has 0 fully saturated rings. The van der Waals surface area contributed by atoms with Crippen LogP contribution in [0.3, 0.4) is 0 Å². The monoisotopic (exact) mass is 273 g/mol. The number of halogens is 1. The molecule has 19 heavy (non-hydrogen) atoms. The molecule has 2 aromatic rings. The average Bonchev–Trinajstić information content (AvgIpc) is 2.39. The van der Waals surface area contributed by atoms with E-state index in [9.17, 15) is 9.90 Å². The molecule has 0 atom stereocenters. The smallest absolute Gasteiger partial charge is 0.0715 e. The number of benzene rings is 2. The molecular weight excluding hydrogens is 264 g/mol. The van der Waals surface area contributed by atoms with E-state index in [-0.39, 0.29) is 5.56 Å². The zero-order chi connectivity index (χ0) is 13.7. The van der Waals surface area contributed by atoms with Crippen molar-refractivity contribution >= 4 is 29.5 Å². The number of hydrogen-bond donors (Lipinski definition) is 1. The summed E-state index contributed by atoms with van der Waals surface area (Å²) in [5.41, 5.74) is 4.47. The zero-order valence-corrected chi connectivity index (χ0v) is 10.6. The van der Waals surface area contributed by atoms with Gasteiger partial charge in [0, 0.05) is 5.02 Å². The quantitative estimate of drug-likeness (QED) is 0.686. The van der Waals surface area contributed by atoms with Crippen LogP contribution >= 0.6 is 11.6 Å². The first-order valence-corrected chi connectivity index (χ1v) is 5.89.